The molecule has 5 heteroatoms. The van der Waals surface area contributed by atoms with Crippen LogP contribution in [0.2, 0.25) is 0 Å². The standard InChI is InChI=1S/C21H25N3O2/c1-14(22)11-21(25)24-12-18(15-7-9-16(26-2)10-8-15)19-13-23-20-6-4-3-5-17(19)20/h3-10,13-14,18,23H,11-12,22H2,1-2H3,(H,24,25). The predicted octanol–water partition coefficient (Wildman–Crippen LogP) is 3.16. The van der Waals surface area contributed by atoms with Gasteiger partial charge in [-0.2, -0.15) is 0 Å². The average Bonchev–Trinajstić information content (AvgIpc) is 3.06. The Morgan fingerprint density at radius 3 is 2.62 bits per heavy atom. The first kappa shape index (κ1) is 18.0. The number of fused-ring (bicyclic) bond motifs is 1. The topological polar surface area (TPSA) is 80.1 Å². The SMILES string of the molecule is COc1ccc(C(CNC(=O)CC(C)N)c2c[nH]c3ccccc23)cc1. The van der Waals surface area contributed by atoms with E-state index >= 15 is 0 Å². The molecule has 0 saturated carbocycles. The Bertz CT molecular complexity index is 868. The molecule has 136 valence electrons. The van der Waals surface area contributed by atoms with Crippen molar-refractivity contribution in [3.63, 3.8) is 0 Å². The summed E-state index contributed by atoms with van der Waals surface area (Å²) in [6, 6.07) is 16.0. The first-order chi connectivity index (χ1) is 12.6. The minimum Gasteiger partial charge on any atom is -0.497 e. The lowest BCUT2D eigenvalue weighted by Gasteiger charge is -2.19. The molecule has 0 fully saturated rings. The van der Waals surface area contributed by atoms with Crippen molar-refractivity contribution in [2.24, 2.45) is 5.73 Å². The van der Waals surface area contributed by atoms with Crippen molar-refractivity contribution in [1.82, 2.24) is 10.3 Å². The number of hydrogen-bond donors (Lipinski definition) is 3. The summed E-state index contributed by atoms with van der Waals surface area (Å²) in [6.45, 7) is 2.35. The van der Waals surface area contributed by atoms with Crippen molar-refractivity contribution >= 4 is 16.8 Å². The van der Waals surface area contributed by atoms with E-state index in [1.807, 2.05) is 49.5 Å². The molecule has 2 atom stereocenters. The van der Waals surface area contributed by atoms with E-state index in [2.05, 4.69) is 22.4 Å². The van der Waals surface area contributed by atoms with Crippen LogP contribution >= 0.6 is 0 Å². The maximum absolute atomic E-state index is 12.1. The molecule has 3 aromatic rings. The summed E-state index contributed by atoms with van der Waals surface area (Å²) in [5, 5.41) is 4.19. The molecule has 0 spiro atoms. The number of amides is 1. The fourth-order valence-electron chi connectivity index (χ4n) is 3.21. The summed E-state index contributed by atoms with van der Waals surface area (Å²) in [5.41, 5.74) is 9.10. The molecule has 1 heterocycles. The number of aromatic nitrogens is 1. The van der Waals surface area contributed by atoms with Crippen molar-refractivity contribution in [3.8, 4) is 5.75 Å². The highest BCUT2D eigenvalue weighted by molar-refractivity contribution is 5.84. The minimum atomic E-state index is -0.150. The van der Waals surface area contributed by atoms with Crippen LogP contribution in [0.15, 0.2) is 54.7 Å². The van der Waals surface area contributed by atoms with Gasteiger partial charge in [0.05, 0.1) is 7.11 Å². The van der Waals surface area contributed by atoms with Crippen molar-refractivity contribution in [2.45, 2.75) is 25.3 Å². The maximum atomic E-state index is 12.1. The normalized spacial score (nSPS) is 13.3. The summed E-state index contributed by atoms with van der Waals surface area (Å²) < 4.78 is 5.26. The van der Waals surface area contributed by atoms with E-state index in [0.29, 0.717) is 13.0 Å². The lowest BCUT2D eigenvalue weighted by atomic mass is 9.90. The highest BCUT2D eigenvalue weighted by Gasteiger charge is 2.19. The lowest BCUT2D eigenvalue weighted by molar-refractivity contribution is -0.121. The fourth-order valence-corrected chi connectivity index (χ4v) is 3.21. The second-order valence-electron chi connectivity index (χ2n) is 6.60. The molecule has 2 unspecified atom stereocenters. The summed E-state index contributed by atoms with van der Waals surface area (Å²) in [4.78, 5) is 15.4. The summed E-state index contributed by atoms with van der Waals surface area (Å²) >= 11 is 0. The van der Waals surface area contributed by atoms with Gasteiger partial charge < -0.3 is 20.8 Å². The molecule has 4 N–H and O–H groups in total. The first-order valence-corrected chi connectivity index (χ1v) is 8.80. The second-order valence-corrected chi connectivity index (χ2v) is 6.60. The van der Waals surface area contributed by atoms with E-state index in [1.165, 1.54) is 0 Å². The van der Waals surface area contributed by atoms with Crippen LogP contribution in [0.4, 0.5) is 0 Å². The number of benzene rings is 2. The van der Waals surface area contributed by atoms with E-state index in [-0.39, 0.29) is 17.9 Å². The van der Waals surface area contributed by atoms with Gasteiger partial charge in [-0.1, -0.05) is 30.3 Å². The van der Waals surface area contributed by atoms with Gasteiger partial charge >= 0.3 is 0 Å². The summed E-state index contributed by atoms with van der Waals surface area (Å²) in [6.07, 6.45) is 2.35. The molecular formula is C21H25N3O2. The van der Waals surface area contributed by atoms with Gasteiger partial charge in [0.1, 0.15) is 5.75 Å². The number of ether oxygens (including phenoxy) is 1. The third-order valence-electron chi connectivity index (χ3n) is 4.53. The third-order valence-corrected chi connectivity index (χ3v) is 4.53. The van der Waals surface area contributed by atoms with Gasteiger partial charge in [0.2, 0.25) is 5.91 Å². The molecule has 5 nitrogen and oxygen atoms in total. The third kappa shape index (κ3) is 4.06. The number of para-hydroxylation sites is 1. The van der Waals surface area contributed by atoms with Gasteiger partial charge in [0.25, 0.3) is 0 Å². The first-order valence-electron chi connectivity index (χ1n) is 8.80. The van der Waals surface area contributed by atoms with Crippen LogP contribution in [-0.2, 0) is 4.79 Å². The number of hydrogen-bond acceptors (Lipinski definition) is 3. The van der Waals surface area contributed by atoms with Gasteiger partial charge in [0, 0.05) is 42.0 Å². The number of carbonyl (C=O) groups excluding carboxylic acids is 1. The van der Waals surface area contributed by atoms with Crippen LogP contribution in [0.25, 0.3) is 10.9 Å². The summed E-state index contributed by atoms with van der Waals surface area (Å²) in [5.74, 6) is 0.819. The molecule has 26 heavy (non-hydrogen) atoms. The summed E-state index contributed by atoms with van der Waals surface area (Å²) in [7, 11) is 1.65. The molecule has 0 radical (unpaired) electrons. The number of carbonyl (C=O) groups is 1. The van der Waals surface area contributed by atoms with E-state index in [9.17, 15) is 4.79 Å². The molecule has 0 aliphatic carbocycles. The largest absolute Gasteiger partial charge is 0.497 e. The molecule has 2 aromatic carbocycles. The van der Waals surface area contributed by atoms with Gasteiger partial charge in [-0.05, 0) is 36.2 Å². The Morgan fingerprint density at radius 2 is 1.92 bits per heavy atom. The Kier molecular flexibility index (Phi) is 5.58. The maximum Gasteiger partial charge on any atom is 0.221 e. The van der Waals surface area contributed by atoms with Gasteiger partial charge in [0.15, 0.2) is 0 Å². The number of nitrogens with two attached hydrogens (primary N) is 1. The van der Waals surface area contributed by atoms with Gasteiger partial charge in [-0.15, -0.1) is 0 Å². The zero-order chi connectivity index (χ0) is 18.5. The molecule has 0 saturated heterocycles. The van der Waals surface area contributed by atoms with Crippen molar-refractivity contribution in [2.75, 3.05) is 13.7 Å². The average molecular weight is 351 g/mol. The smallest absolute Gasteiger partial charge is 0.221 e. The number of H-pyrrole nitrogens is 1. The lowest BCUT2D eigenvalue weighted by Crippen LogP contribution is -2.33. The monoisotopic (exact) mass is 351 g/mol. The van der Waals surface area contributed by atoms with Gasteiger partial charge in [-0.25, -0.2) is 0 Å². The van der Waals surface area contributed by atoms with Crippen LogP contribution in [0, 0.1) is 0 Å². The molecule has 0 aliphatic rings. The van der Waals surface area contributed by atoms with Crippen LogP contribution in [0.1, 0.15) is 30.4 Å². The number of nitrogens with one attached hydrogen (secondary N) is 2. The molecule has 0 aliphatic heterocycles. The van der Waals surface area contributed by atoms with Crippen molar-refractivity contribution < 1.29 is 9.53 Å². The Balaban J connectivity index is 1.91. The molecule has 1 amide bonds. The van der Waals surface area contributed by atoms with Crippen LogP contribution in [0.3, 0.4) is 0 Å². The Hall–Kier alpha value is -2.79. The van der Waals surface area contributed by atoms with E-state index < -0.39 is 0 Å². The van der Waals surface area contributed by atoms with E-state index in [4.69, 9.17) is 10.5 Å². The van der Waals surface area contributed by atoms with Crippen LogP contribution < -0.4 is 15.8 Å². The molecule has 3 rings (SSSR count). The number of aromatic amines is 1. The minimum absolute atomic E-state index is 0.0293. The zero-order valence-electron chi connectivity index (χ0n) is 15.2. The molecular weight excluding hydrogens is 326 g/mol. The molecule has 0 bridgehead atoms. The number of rotatable bonds is 7. The van der Waals surface area contributed by atoms with E-state index in [1.54, 1.807) is 7.11 Å². The van der Waals surface area contributed by atoms with Crippen molar-refractivity contribution in [1.29, 1.82) is 0 Å². The highest BCUT2D eigenvalue weighted by atomic mass is 16.5. The Labute approximate surface area is 153 Å². The fraction of sp³-hybridized carbons (Fsp3) is 0.286. The van der Waals surface area contributed by atoms with Gasteiger partial charge in [-0.3, -0.25) is 4.79 Å². The predicted molar refractivity (Wildman–Crippen MR) is 104 cm³/mol. The quantitative estimate of drug-likeness (QED) is 0.612. The van der Waals surface area contributed by atoms with Crippen molar-refractivity contribution in [3.05, 3.63) is 65.9 Å². The highest BCUT2D eigenvalue weighted by Crippen LogP contribution is 2.31. The molecule has 1 aromatic heterocycles. The van der Waals surface area contributed by atoms with Crippen LogP contribution in [-0.4, -0.2) is 30.6 Å². The van der Waals surface area contributed by atoms with Crippen LogP contribution in [0.5, 0.6) is 5.75 Å². The Morgan fingerprint density at radius 1 is 1.19 bits per heavy atom. The zero-order valence-corrected chi connectivity index (χ0v) is 15.2. The van der Waals surface area contributed by atoms with E-state index in [0.717, 1.165) is 27.8 Å². The second kappa shape index (κ2) is 8.06. The number of methoxy groups -OCH3 is 1.